The van der Waals surface area contributed by atoms with Crippen LogP contribution in [0.15, 0.2) is 17.0 Å². The van der Waals surface area contributed by atoms with Gasteiger partial charge in [-0.3, -0.25) is 4.79 Å². The van der Waals surface area contributed by atoms with E-state index >= 15 is 0 Å². The average molecular weight is 300 g/mol. The number of hydrogen-bond donors (Lipinski definition) is 1. The maximum absolute atomic E-state index is 11.4. The average Bonchev–Trinajstić information content (AvgIpc) is 2.30. The number of sulfonamides is 1. The van der Waals surface area contributed by atoms with Crippen LogP contribution >= 0.6 is 0 Å². The Bertz CT molecular complexity index is 586. The Labute approximate surface area is 119 Å². The van der Waals surface area contributed by atoms with E-state index in [1.54, 1.807) is 27.9 Å². The van der Waals surface area contributed by atoms with E-state index in [0.717, 1.165) is 0 Å². The van der Waals surface area contributed by atoms with Crippen molar-refractivity contribution in [3.63, 3.8) is 0 Å². The summed E-state index contributed by atoms with van der Waals surface area (Å²) in [5.74, 6) is 0.561. The normalized spacial score (nSPS) is 11.2. The number of nitrogens with two attached hydrogens (primary N) is 1. The fourth-order valence-electron chi connectivity index (χ4n) is 1.77. The monoisotopic (exact) mass is 300 g/mol. The minimum absolute atomic E-state index is 0.0264. The van der Waals surface area contributed by atoms with Gasteiger partial charge in [0.2, 0.25) is 15.9 Å². The molecule has 0 saturated carbocycles. The first-order valence-electron chi connectivity index (χ1n) is 6.10. The van der Waals surface area contributed by atoms with E-state index in [1.807, 2.05) is 0 Å². The van der Waals surface area contributed by atoms with E-state index in [1.165, 1.54) is 17.0 Å². The predicted octanol–water partition coefficient (Wildman–Crippen LogP) is 0.808. The lowest BCUT2D eigenvalue weighted by Gasteiger charge is -2.15. The lowest BCUT2D eigenvalue weighted by atomic mass is 10.1. The Hall–Kier alpha value is -1.60. The lowest BCUT2D eigenvalue weighted by molar-refractivity contribution is -0.129. The molecule has 0 atom stereocenters. The van der Waals surface area contributed by atoms with Gasteiger partial charge in [0, 0.05) is 14.1 Å². The Morgan fingerprint density at radius 3 is 2.15 bits per heavy atom. The summed E-state index contributed by atoms with van der Waals surface area (Å²) in [6.45, 7) is 3.73. The molecular weight excluding hydrogens is 280 g/mol. The van der Waals surface area contributed by atoms with Crippen molar-refractivity contribution in [1.82, 2.24) is 4.90 Å². The van der Waals surface area contributed by atoms with Crippen molar-refractivity contribution in [2.75, 3.05) is 20.7 Å². The number of hydrogen-bond acceptors (Lipinski definition) is 4. The molecule has 0 saturated heterocycles. The largest absolute Gasteiger partial charge is 0.493 e. The van der Waals surface area contributed by atoms with Crippen LogP contribution in [0.1, 0.15) is 17.5 Å². The van der Waals surface area contributed by atoms with Crippen LogP contribution in [0, 0.1) is 13.8 Å². The zero-order valence-corrected chi connectivity index (χ0v) is 13.0. The summed E-state index contributed by atoms with van der Waals surface area (Å²) >= 11 is 0. The summed E-state index contributed by atoms with van der Waals surface area (Å²) in [6, 6.07) is 2.93. The van der Waals surface area contributed by atoms with Gasteiger partial charge >= 0.3 is 0 Å². The van der Waals surface area contributed by atoms with Crippen LogP contribution in [-0.4, -0.2) is 39.9 Å². The molecule has 0 unspecified atom stereocenters. The second-order valence-corrected chi connectivity index (χ2v) is 6.38. The number of rotatable bonds is 5. The number of benzene rings is 1. The van der Waals surface area contributed by atoms with E-state index in [-0.39, 0.29) is 23.8 Å². The third-order valence-corrected chi connectivity index (χ3v) is 3.72. The minimum Gasteiger partial charge on any atom is -0.493 e. The van der Waals surface area contributed by atoms with Gasteiger partial charge in [0.05, 0.1) is 17.9 Å². The van der Waals surface area contributed by atoms with Gasteiger partial charge in [0.1, 0.15) is 5.75 Å². The summed E-state index contributed by atoms with van der Waals surface area (Å²) in [7, 11) is -0.366. The lowest BCUT2D eigenvalue weighted by Crippen LogP contribution is -2.23. The molecular formula is C13H20N2O4S. The number of carbonyl (C=O) groups is 1. The Kier molecular flexibility index (Phi) is 5.13. The Morgan fingerprint density at radius 1 is 1.25 bits per heavy atom. The summed E-state index contributed by atoms with van der Waals surface area (Å²) < 4.78 is 28.2. The molecule has 0 spiro atoms. The molecule has 0 aliphatic heterocycles. The van der Waals surface area contributed by atoms with Crippen molar-refractivity contribution in [2.24, 2.45) is 5.14 Å². The van der Waals surface area contributed by atoms with Crippen molar-refractivity contribution in [3.8, 4) is 5.75 Å². The number of ether oxygens (including phenoxy) is 1. The topological polar surface area (TPSA) is 89.7 Å². The quantitative estimate of drug-likeness (QED) is 0.871. The molecule has 2 N–H and O–H groups in total. The SMILES string of the molecule is Cc1cc(S(N)(=O)=O)cc(C)c1OCCC(=O)N(C)C. The van der Waals surface area contributed by atoms with E-state index in [4.69, 9.17) is 9.88 Å². The number of nitrogens with zero attached hydrogens (tertiary/aromatic N) is 1. The highest BCUT2D eigenvalue weighted by molar-refractivity contribution is 7.89. The highest BCUT2D eigenvalue weighted by Gasteiger charge is 2.14. The van der Waals surface area contributed by atoms with Crippen molar-refractivity contribution in [1.29, 1.82) is 0 Å². The van der Waals surface area contributed by atoms with Crippen LogP contribution in [0.2, 0.25) is 0 Å². The molecule has 1 amide bonds. The molecule has 1 aromatic carbocycles. The molecule has 1 rings (SSSR count). The third-order valence-electron chi connectivity index (χ3n) is 2.82. The zero-order valence-electron chi connectivity index (χ0n) is 12.1. The maximum Gasteiger partial charge on any atom is 0.238 e. The van der Waals surface area contributed by atoms with Crippen molar-refractivity contribution >= 4 is 15.9 Å². The van der Waals surface area contributed by atoms with Gasteiger partial charge in [-0.25, -0.2) is 13.6 Å². The minimum atomic E-state index is -3.73. The Balaban J connectivity index is 2.85. The molecule has 0 aliphatic carbocycles. The van der Waals surface area contributed by atoms with Crippen LogP contribution in [0.5, 0.6) is 5.75 Å². The van der Waals surface area contributed by atoms with Crippen molar-refractivity contribution < 1.29 is 17.9 Å². The highest BCUT2D eigenvalue weighted by atomic mass is 32.2. The maximum atomic E-state index is 11.4. The predicted molar refractivity (Wildman–Crippen MR) is 76.1 cm³/mol. The first kappa shape index (κ1) is 16.5. The summed E-state index contributed by atoms with van der Waals surface area (Å²) in [6.07, 6.45) is 0.267. The summed E-state index contributed by atoms with van der Waals surface area (Å²) in [5, 5.41) is 5.10. The van der Waals surface area contributed by atoms with Crippen LogP contribution < -0.4 is 9.88 Å². The molecule has 0 fully saturated rings. The molecule has 112 valence electrons. The first-order valence-corrected chi connectivity index (χ1v) is 7.64. The van der Waals surface area contributed by atoms with Crippen molar-refractivity contribution in [3.05, 3.63) is 23.3 Å². The van der Waals surface area contributed by atoms with Gasteiger partial charge < -0.3 is 9.64 Å². The fourth-order valence-corrected chi connectivity index (χ4v) is 2.45. The molecule has 20 heavy (non-hydrogen) atoms. The van der Waals surface area contributed by atoms with Gasteiger partial charge in [-0.2, -0.15) is 0 Å². The molecule has 1 aromatic rings. The highest BCUT2D eigenvalue weighted by Crippen LogP contribution is 2.26. The summed E-state index contributed by atoms with van der Waals surface area (Å²) in [4.78, 5) is 13.0. The zero-order chi connectivity index (χ0) is 15.5. The molecule has 0 aromatic heterocycles. The van der Waals surface area contributed by atoms with Crippen molar-refractivity contribution in [2.45, 2.75) is 25.2 Å². The number of primary sulfonamides is 1. The van der Waals surface area contributed by atoms with E-state index in [0.29, 0.717) is 16.9 Å². The van der Waals surface area contributed by atoms with E-state index in [2.05, 4.69) is 0 Å². The molecule has 0 bridgehead atoms. The molecule has 6 nitrogen and oxygen atoms in total. The first-order chi connectivity index (χ1) is 9.12. The van der Waals surface area contributed by atoms with Gasteiger partial charge in [-0.1, -0.05) is 0 Å². The smallest absolute Gasteiger partial charge is 0.238 e. The number of amides is 1. The molecule has 0 heterocycles. The fraction of sp³-hybridized carbons (Fsp3) is 0.462. The third kappa shape index (κ3) is 4.21. The summed E-state index contributed by atoms with van der Waals surface area (Å²) in [5.41, 5.74) is 1.35. The van der Waals surface area contributed by atoms with Crippen LogP contribution in [0.4, 0.5) is 0 Å². The number of aryl methyl sites for hydroxylation is 2. The van der Waals surface area contributed by atoms with Gasteiger partial charge in [0.15, 0.2) is 0 Å². The molecule has 7 heteroatoms. The number of carbonyl (C=O) groups excluding carboxylic acids is 1. The van der Waals surface area contributed by atoms with Gasteiger partial charge in [-0.15, -0.1) is 0 Å². The van der Waals surface area contributed by atoms with Crippen LogP contribution in [-0.2, 0) is 14.8 Å². The van der Waals surface area contributed by atoms with Crippen LogP contribution in [0.25, 0.3) is 0 Å². The molecule has 0 aliphatic rings. The van der Waals surface area contributed by atoms with Gasteiger partial charge in [0.25, 0.3) is 0 Å². The van der Waals surface area contributed by atoms with Crippen LogP contribution in [0.3, 0.4) is 0 Å². The van der Waals surface area contributed by atoms with E-state index < -0.39 is 10.0 Å². The second-order valence-electron chi connectivity index (χ2n) is 4.82. The Morgan fingerprint density at radius 2 is 1.75 bits per heavy atom. The standard InChI is InChI=1S/C13H20N2O4S/c1-9-7-11(20(14,17)18)8-10(2)13(9)19-6-5-12(16)15(3)4/h7-8H,5-6H2,1-4H3,(H2,14,17,18). The molecule has 0 radical (unpaired) electrons. The second kappa shape index (κ2) is 6.23. The van der Waals surface area contributed by atoms with E-state index in [9.17, 15) is 13.2 Å². The van der Waals surface area contributed by atoms with Gasteiger partial charge in [-0.05, 0) is 37.1 Å².